The molecule has 5 rings (SSSR count). The Morgan fingerprint density at radius 3 is 2.76 bits per heavy atom. The molecule has 4 N–H and O–H groups in total. The number of aryl methyl sites for hydroxylation is 1. The van der Waals surface area contributed by atoms with Gasteiger partial charge in [0.2, 0.25) is 0 Å². The van der Waals surface area contributed by atoms with Crippen LogP contribution in [-0.2, 0) is 4.79 Å². The number of nitrogens with zero attached hydrogens (tertiary/aromatic N) is 4. The minimum atomic E-state index is -0.386. The van der Waals surface area contributed by atoms with E-state index in [-0.39, 0.29) is 17.4 Å². The summed E-state index contributed by atoms with van der Waals surface area (Å²) in [4.78, 5) is 30.3. The molecule has 9 heteroatoms. The Hall–Kier alpha value is -4.34. The Bertz CT molecular complexity index is 1520. The van der Waals surface area contributed by atoms with Gasteiger partial charge in [0.15, 0.2) is 0 Å². The molecule has 192 valence electrons. The Kier molecular flexibility index (Phi) is 7.57. The summed E-state index contributed by atoms with van der Waals surface area (Å²) in [6.45, 7) is 9.51. The maximum absolute atomic E-state index is 13.7. The van der Waals surface area contributed by atoms with Gasteiger partial charge in [-0.05, 0) is 43.3 Å². The van der Waals surface area contributed by atoms with Gasteiger partial charge in [-0.25, -0.2) is 15.0 Å². The molecule has 0 bridgehead atoms. The number of thiazole rings is 1. The number of nitrogens with one attached hydrogen (secondary N) is 2. The normalized spacial score (nSPS) is 14.5. The number of anilines is 1. The number of fused-ring (bicyclic) bond motifs is 1. The van der Waals surface area contributed by atoms with E-state index < -0.39 is 0 Å². The molecule has 8 nitrogen and oxygen atoms in total. The molecule has 4 aromatic rings. The Morgan fingerprint density at radius 1 is 1.16 bits per heavy atom. The number of carbonyl (C=O) groups is 1. The number of aliphatic imine (C=N–C) groups is 1. The topological polar surface area (TPSA) is 109 Å². The van der Waals surface area contributed by atoms with Crippen LogP contribution in [0.5, 0.6) is 0 Å². The lowest BCUT2D eigenvalue weighted by molar-refractivity contribution is -0.112. The predicted molar refractivity (Wildman–Crippen MR) is 155 cm³/mol. The minimum Gasteiger partial charge on any atom is -0.383 e. The first kappa shape index (κ1) is 25.3. The van der Waals surface area contributed by atoms with Crippen LogP contribution in [0, 0.1) is 6.92 Å². The van der Waals surface area contributed by atoms with Crippen LogP contribution in [0.3, 0.4) is 0 Å². The van der Waals surface area contributed by atoms with Crippen LogP contribution in [0.4, 0.5) is 5.69 Å². The number of hydrogen-bond acceptors (Lipinski definition) is 7. The van der Waals surface area contributed by atoms with E-state index in [1.165, 1.54) is 11.3 Å². The first-order valence-corrected chi connectivity index (χ1v) is 13.2. The summed E-state index contributed by atoms with van der Waals surface area (Å²) < 4.78 is 0. The second-order valence-corrected chi connectivity index (χ2v) is 9.95. The molecule has 0 spiro atoms. The Balaban J connectivity index is 1.48. The fourth-order valence-corrected chi connectivity index (χ4v) is 5.15. The molecule has 38 heavy (non-hydrogen) atoms. The van der Waals surface area contributed by atoms with Crippen molar-refractivity contribution >= 4 is 39.1 Å². The number of nitrogens with two attached hydrogens (primary N) is 1. The van der Waals surface area contributed by atoms with Gasteiger partial charge >= 0.3 is 0 Å². The summed E-state index contributed by atoms with van der Waals surface area (Å²) in [6, 6.07) is 19.1. The van der Waals surface area contributed by atoms with Crippen molar-refractivity contribution in [1.29, 1.82) is 0 Å². The van der Waals surface area contributed by atoms with Crippen molar-refractivity contribution in [2.24, 2.45) is 10.7 Å². The average molecular weight is 524 g/mol. The SMILES string of the molecule is C=C(/C=C(\N=C(/N)c1cccc(C)c1)C(=O)Nc1ccccc1-c1nc2cccnc2s1)N1CCNCC1. The Morgan fingerprint density at radius 2 is 1.97 bits per heavy atom. The van der Waals surface area contributed by atoms with E-state index in [0.717, 1.165) is 58.2 Å². The van der Waals surface area contributed by atoms with Gasteiger partial charge in [0.05, 0.1) is 5.69 Å². The molecule has 0 unspecified atom stereocenters. The number of allylic oxidation sites excluding steroid dienone is 1. The van der Waals surface area contributed by atoms with E-state index in [1.807, 2.05) is 67.6 Å². The smallest absolute Gasteiger partial charge is 0.274 e. The number of rotatable bonds is 7. The van der Waals surface area contributed by atoms with Crippen molar-refractivity contribution in [3.63, 3.8) is 0 Å². The third-order valence-corrected chi connectivity index (χ3v) is 7.20. The van der Waals surface area contributed by atoms with Gasteiger partial charge in [0.1, 0.15) is 26.9 Å². The van der Waals surface area contributed by atoms with Crippen LogP contribution >= 0.6 is 11.3 Å². The van der Waals surface area contributed by atoms with Crippen LogP contribution in [0.25, 0.3) is 20.9 Å². The monoisotopic (exact) mass is 523 g/mol. The molecule has 2 aromatic heterocycles. The first-order chi connectivity index (χ1) is 18.5. The first-order valence-electron chi connectivity index (χ1n) is 12.4. The number of piperazine rings is 1. The summed E-state index contributed by atoms with van der Waals surface area (Å²) in [5, 5.41) is 7.13. The number of para-hydroxylation sites is 1. The van der Waals surface area contributed by atoms with Gasteiger partial charge in [0, 0.05) is 49.2 Å². The van der Waals surface area contributed by atoms with Crippen LogP contribution in [0.2, 0.25) is 0 Å². The van der Waals surface area contributed by atoms with Gasteiger partial charge < -0.3 is 21.3 Å². The van der Waals surface area contributed by atoms with Gasteiger partial charge in [-0.3, -0.25) is 4.79 Å². The summed E-state index contributed by atoms with van der Waals surface area (Å²) in [6.07, 6.45) is 3.45. The molecule has 1 aliphatic heterocycles. The van der Waals surface area contributed by atoms with Crippen LogP contribution in [0.15, 0.2) is 95.9 Å². The van der Waals surface area contributed by atoms with E-state index >= 15 is 0 Å². The highest BCUT2D eigenvalue weighted by Crippen LogP contribution is 2.33. The van der Waals surface area contributed by atoms with E-state index in [4.69, 9.17) is 10.7 Å². The van der Waals surface area contributed by atoms with Crippen LogP contribution < -0.4 is 16.4 Å². The summed E-state index contributed by atoms with van der Waals surface area (Å²) >= 11 is 1.48. The summed E-state index contributed by atoms with van der Waals surface area (Å²) in [7, 11) is 0. The second-order valence-electron chi connectivity index (χ2n) is 8.97. The van der Waals surface area contributed by atoms with Gasteiger partial charge in [-0.1, -0.05) is 53.8 Å². The highest BCUT2D eigenvalue weighted by molar-refractivity contribution is 7.21. The van der Waals surface area contributed by atoms with Gasteiger partial charge in [0.25, 0.3) is 5.91 Å². The number of amidine groups is 1. The van der Waals surface area contributed by atoms with E-state index in [2.05, 4.69) is 32.1 Å². The molecular weight excluding hydrogens is 494 g/mol. The van der Waals surface area contributed by atoms with Crippen molar-refractivity contribution in [3.05, 3.63) is 102 Å². The molecule has 0 saturated carbocycles. The fraction of sp³-hybridized carbons (Fsp3) is 0.172. The zero-order valence-electron chi connectivity index (χ0n) is 21.1. The zero-order chi connectivity index (χ0) is 26.5. The lowest BCUT2D eigenvalue weighted by Crippen LogP contribution is -2.42. The van der Waals surface area contributed by atoms with E-state index in [1.54, 1.807) is 12.3 Å². The maximum Gasteiger partial charge on any atom is 0.274 e. The number of amides is 1. The molecule has 0 aliphatic carbocycles. The number of pyridine rings is 1. The number of hydrogen-bond donors (Lipinski definition) is 3. The quantitative estimate of drug-likeness (QED) is 0.144. The molecule has 1 aliphatic rings. The molecule has 1 amide bonds. The zero-order valence-corrected chi connectivity index (χ0v) is 22.0. The number of carbonyl (C=O) groups excluding carboxylic acids is 1. The average Bonchev–Trinajstić information content (AvgIpc) is 3.37. The third kappa shape index (κ3) is 5.80. The van der Waals surface area contributed by atoms with Crippen molar-refractivity contribution in [3.8, 4) is 10.6 Å². The molecule has 1 fully saturated rings. The lowest BCUT2D eigenvalue weighted by atomic mass is 10.1. The predicted octanol–water partition coefficient (Wildman–Crippen LogP) is 4.31. The molecular formula is C29H29N7OS. The van der Waals surface area contributed by atoms with Crippen molar-refractivity contribution in [2.75, 3.05) is 31.5 Å². The number of benzene rings is 2. The van der Waals surface area contributed by atoms with Gasteiger partial charge in [-0.2, -0.15) is 0 Å². The second kappa shape index (κ2) is 11.4. The summed E-state index contributed by atoms with van der Waals surface area (Å²) in [5.74, 6) is -0.127. The standard InChI is InChI=1S/C29H29N7OS/c1-19-7-5-8-21(17-19)26(30)33-25(18-20(2)36-15-13-31-14-16-36)27(37)34-23-10-4-3-9-22(23)28-35-24-11-6-12-32-29(24)38-28/h3-12,17-18,31H,2,13-16H2,1H3,(H2,30,33)(H,34,37)/b25-18-. The Labute approximate surface area is 225 Å². The minimum absolute atomic E-state index is 0.174. The highest BCUT2D eigenvalue weighted by atomic mass is 32.1. The fourth-order valence-electron chi connectivity index (χ4n) is 4.20. The van der Waals surface area contributed by atoms with Crippen LogP contribution in [0.1, 0.15) is 11.1 Å². The van der Waals surface area contributed by atoms with Crippen LogP contribution in [-0.4, -0.2) is 52.8 Å². The van der Waals surface area contributed by atoms with Crippen molar-refractivity contribution in [2.45, 2.75) is 6.92 Å². The lowest BCUT2D eigenvalue weighted by Gasteiger charge is -2.29. The van der Waals surface area contributed by atoms with Gasteiger partial charge in [-0.15, -0.1) is 0 Å². The largest absolute Gasteiger partial charge is 0.383 e. The van der Waals surface area contributed by atoms with Crippen molar-refractivity contribution < 1.29 is 4.79 Å². The van der Waals surface area contributed by atoms with E-state index in [0.29, 0.717) is 11.4 Å². The molecule has 3 heterocycles. The molecule has 1 saturated heterocycles. The molecule has 2 aromatic carbocycles. The van der Waals surface area contributed by atoms with E-state index in [9.17, 15) is 4.79 Å². The third-order valence-electron chi connectivity index (χ3n) is 6.19. The highest BCUT2D eigenvalue weighted by Gasteiger charge is 2.18. The maximum atomic E-state index is 13.7. The number of aromatic nitrogens is 2. The summed E-state index contributed by atoms with van der Waals surface area (Å²) in [5.41, 5.74) is 11.3. The molecule has 0 radical (unpaired) electrons. The van der Waals surface area contributed by atoms with Crippen molar-refractivity contribution in [1.82, 2.24) is 20.2 Å². The molecule has 0 atom stereocenters.